The standard InChI is InChI=1S/C11H16N2O3S/c14-17(15,11-4-2-1-3-5-11)13-16-10-6-8-12-9-7-10/h1-5,10,12-13H,6-9H2. The Morgan fingerprint density at radius 1 is 1.18 bits per heavy atom. The monoisotopic (exact) mass is 256 g/mol. The summed E-state index contributed by atoms with van der Waals surface area (Å²) in [5.41, 5.74) is 0. The first-order valence-corrected chi connectivity index (χ1v) is 7.10. The fourth-order valence-electron chi connectivity index (χ4n) is 1.69. The van der Waals surface area contributed by atoms with Gasteiger partial charge in [0.25, 0.3) is 10.0 Å². The Morgan fingerprint density at radius 3 is 2.47 bits per heavy atom. The highest BCUT2D eigenvalue weighted by atomic mass is 32.2. The topological polar surface area (TPSA) is 67.4 Å². The van der Waals surface area contributed by atoms with Crippen molar-refractivity contribution < 1.29 is 13.3 Å². The summed E-state index contributed by atoms with van der Waals surface area (Å²) in [6.45, 7) is 1.72. The second kappa shape index (κ2) is 5.59. The van der Waals surface area contributed by atoms with E-state index in [0.717, 1.165) is 25.9 Å². The Labute approximate surface area is 101 Å². The number of benzene rings is 1. The van der Waals surface area contributed by atoms with Crippen LogP contribution in [0, 0.1) is 0 Å². The first kappa shape index (κ1) is 12.5. The summed E-state index contributed by atoms with van der Waals surface area (Å²) in [4.78, 5) is 7.63. The van der Waals surface area contributed by atoms with Crippen LogP contribution in [0.1, 0.15) is 12.8 Å². The Morgan fingerprint density at radius 2 is 1.82 bits per heavy atom. The summed E-state index contributed by atoms with van der Waals surface area (Å²) in [7, 11) is -3.55. The van der Waals surface area contributed by atoms with Crippen LogP contribution in [-0.2, 0) is 14.9 Å². The van der Waals surface area contributed by atoms with Crippen LogP contribution in [-0.4, -0.2) is 27.6 Å². The molecular formula is C11H16N2O3S. The molecule has 2 rings (SSSR count). The molecule has 0 amide bonds. The Balaban J connectivity index is 1.94. The zero-order chi connectivity index (χ0) is 12.1. The fourth-order valence-corrected chi connectivity index (χ4v) is 2.57. The number of nitrogens with one attached hydrogen (secondary N) is 2. The summed E-state index contributed by atoms with van der Waals surface area (Å²) in [5, 5.41) is 3.19. The second-order valence-electron chi connectivity index (χ2n) is 3.97. The van der Waals surface area contributed by atoms with E-state index < -0.39 is 10.0 Å². The molecule has 0 atom stereocenters. The van der Waals surface area contributed by atoms with E-state index in [1.807, 2.05) is 0 Å². The molecule has 1 aliphatic heterocycles. The molecule has 94 valence electrons. The van der Waals surface area contributed by atoms with Gasteiger partial charge in [-0.2, -0.15) is 0 Å². The van der Waals surface area contributed by atoms with Gasteiger partial charge in [-0.15, -0.1) is 0 Å². The maximum absolute atomic E-state index is 11.8. The van der Waals surface area contributed by atoms with Gasteiger partial charge < -0.3 is 5.32 Å². The highest BCUT2D eigenvalue weighted by molar-refractivity contribution is 7.89. The molecule has 1 heterocycles. The molecule has 0 spiro atoms. The van der Waals surface area contributed by atoms with Gasteiger partial charge in [0, 0.05) is 0 Å². The molecule has 2 N–H and O–H groups in total. The van der Waals surface area contributed by atoms with Crippen molar-refractivity contribution in [3.63, 3.8) is 0 Å². The lowest BCUT2D eigenvalue weighted by Gasteiger charge is -2.22. The van der Waals surface area contributed by atoms with Crippen molar-refractivity contribution in [2.45, 2.75) is 23.8 Å². The van der Waals surface area contributed by atoms with Gasteiger partial charge in [0.05, 0.1) is 11.0 Å². The number of sulfonamides is 1. The number of hydrogen-bond acceptors (Lipinski definition) is 4. The van der Waals surface area contributed by atoms with Crippen LogP contribution < -0.4 is 10.2 Å². The van der Waals surface area contributed by atoms with Gasteiger partial charge in [0.15, 0.2) is 0 Å². The largest absolute Gasteiger partial charge is 0.317 e. The van der Waals surface area contributed by atoms with E-state index in [9.17, 15) is 8.42 Å². The van der Waals surface area contributed by atoms with Crippen molar-refractivity contribution in [1.29, 1.82) is 0 Å². The van der Waals surface area contributed by atoms with E-state index in [1.54, 1.807) is 18.2 Å². The molecule has 0 aromatic heterocycles. The minimum absolute atomic E-state index is 0.0465. The molecule has 1 aliphatic rings. The third kappa shape index (κ3) is 3.50. The molecule has 17 heavy (non-hydrogen) atoms. The van der Waals surface area contributed by atoms with Gasteiger partial charge in [-0.25, -0.2) is 8.42 Å². The second-order valence-corrected chi connectivity index (χ2v) is 5.61. The Kier molecular flexibility index (Phi) is 4.11. The minimum atomic E-state index is -3.55. The predicted molar refractivity (Wildman–Crippen MR) is 63.7 cm³/mol. The molecular weight excluding hydrogens is 240 g/mol. The van der Waals surface area contributed by atoms with Gasteiger partial charge in [0.2, 0.25) is 0 Å². The molecule has 0 radical (unpaired) electrons. The van der Waals surface area contributed by atoms with E-state index in [4.69, 9.17) is 4.84 Å². The molecule has 0 unspecified atom stereocenters. The maximum atomic E-state index is 11.8. The normalized spacial score (nSPS) is 18.1. The van der Waals surface area contributed by atoms with Gasteiger partial charge in [-0.3, -0.25) is 4.84 Å². The summed E-state index contributed by atoms with van der Waals surface area (Å²) in [6, 6.07) is 8.20. The highest BCUT2D eigenvalue weighted by Crippen LogP contribution is 2.10. The van der Waals surface area contributed by atoms with E-state index in [0.29, 0.717) is 0 Å². The Hall–Kier alpha value is -0.950. The van der Waals surface area contributed by atoms with E-state index in [1.165, 1.54) is 12.1 Å². The lowest BCUT2D eigenvalue weighted by Crippen LogP contribution is -2.37. The first-order chi connectivity index (χ1) is 8.18. The van der Waals surface area contributed by atoms with E-state index in [2.05, 4.69) is 10.2 Å². The molecule has 1 fully saturated rings. The summed E-state index contributed by atoms with van der Waals surface area (Å²) in [6.07, 6.45) is 1.59. The van der Waals surface area contributed by atoms with Gasteiger partial charge >= 0.3 is 0 Å². The third-order valence-corrected chi connectivity index (χ3v) is 3.87. The van der Waals surface area contributed by atoms with E-state index in [-0.39, 0.29) is 11.0 Å². The lowest BCUT2D eigenvalue weighted by atomic mass is 10.1. The molecule has 0 saturated carbocycles. The smallest absolute Gasteiger partial charge is 0.262 e. The van der Waals surface area contributed by atoms with Crippen LogP contribution in [0.3, 0.4) is 0 Å². The SMILES string of the molecule is O=S(=O)(NOC1CCNCC1)c1ccccc1. The van der Waals surface area contributed by atoms with Crippen LogP contribution in [0.4, 0.5) is 0 Å². The van der Waals surface area contributed by atoms with Crippen molar-refractivity contribution in [3.8, 4) is 0 Å². The molecule has 1 saturated heterocycles. The lowest BCUT2D eigenvalue weighted by molar-refractivity contribution is 0.000148. The van der Waals surface area contributed by atoms with Gasteiger partial charge in [0.1, 0.15) is 0 Å². The summed E-state index contributed by atoms with van der Waals surface area (Å²) >= 11 is 0. The summed E-state index contributed by atoms with van der Waals surface area (Å²) < 4.78 is 23.6. The number of piperidine rings is 1. The minimum Gasteiger partial charge on any atom is -0.317 e. The molecule has 0 aliphatic carbocycles. The van der Waals surface area contributed by atoms with Crippen molar-refractivity contribution in [3.05, 3.63) is 30.3 Å². The average molecular weight is 256 g/mol. The van der Waals surface area contributed by atoms with Crippen LogP contribution in [0.5, 0.6) is 0 Å². The summed E-state index contributed by atoms with van der Waals surface area (Å²) in [5.74, 6) is 0. The Bertz CT molecular complexity index is 441. The van der Waals surface area contributed by atoms with Crippen molar-refractivity contribution in [2.75, 3.05) is 13.1 Å². The van der Waals surface area contributed by atoms with E-state index >= 15 is 0 Å². The van der Waals surface area contributed by atoms with Crippen LogP contribution in [0.2, 0.25) is 0 Å². The fraction of sp³-hybridized carbons (Fsp3) is 0.455. The molecule has 1 aromatic rings. The van der Waals surface area contributed by atoms with Crippen LogP contribution >= 0.6 is 0 Å². The zero-order valence-electron chi connectivity index (χ0n) is 9.43. The van der Waals surface area contributed by atoms with Gasteiger partial charge in [-0.05, 0) is 38.1 Å². The van der Waals surface area contributed by atoms with Crippen LogP contribution in [0.25, 0.3) is 0 Å². The average Bonchev–Trinajstić information content (AvgIpc) is 2.39. The van der Waals surface area contributed by atoms with Gasteiger partial charge in [-0.1, -0.05) is 23.1 Å². The quantitative estimate of drug-likeness (QED) is 0.776. The highest BCUT2D eigenvalue weighted by Gasteiger charge is 2.18. The van der Waals surface area contributed by atoms with Crippen molar-refractivity contribution >= 4 is 10.0 Å². The molecule has 6 heteroatoms. The first-order valence-electron chi connectivity index (χ1n) is 5.62. The third-order valence-electron chi connectivity index (χ3n) is 2.66. The maximum Gasteiger partial charge on any atom is 0.262 e. The number of rotatable bonds is 4. The number of hydrogen-bond donors (Lipinski definition) is 2. The van der Waals surface area contributed by atoms with Crippen molar-refractivity contribution in [1.82, 2.24) is 10.2 Å². The predicted octanol–water partition coefficient (Wildman–Crippen LogP) is 0.648. The molecule has 0 bridgehead atoms. The molecule has 1 aromatic carbocycles. The van der Waals surface area contributed by atoms with Crippen molar-refractivity contribution in [2.24, 2.45) is 0 Å². The van der Waals surface area contributed by atoms with Crippen LogP contribution in [0.15, 0.2) is 35.2 Å². The molecule has 5 nitrogen and oxygen atoms in total. The zero-order valence-corrected chi connectivity index (χ0v) is 10.2.